The van der Waals surface area contributed by atoms with Crippen LogP contribution in [0.4, 0.5) is 0 Å². The molecular weight excluding hydrogens is 534 g/mol. The number of nitrogens with zero attached hydrogens (tertiary/aromatic N) is 1. The first-order valence-corrected chi connectivity index (χ1v) is 16.9. The van der Waals surface area contributed by atoms with Crippen molar-refractivity contribution in [3.05, 3.63) is 136 Å². The molecule has 44 heavy (non-hydrogen) atoms. The molecule has 0 saturated heterocycles. The van der Waals surface area contributed by atoms with E-state index in [4.69, 9.17) is 4.74 Å². The van der Waals surface area contributed by atoms with E-state index in [1.165, 1.54) is 52.1 Å². The number of rotatable bonds is 10. The third-order valence-electron chi connectivity index (χ3n) is 10.2. The van der Waals surface area contributed by atoms with Crippen molar-refractivity contribution in [2.45, 2.75) is 104 Å². The molecule has 232 valence electrons. The summed E-state index contributed by atoms with van der Waals surface area (Å²) in [5.74, 6) is 2.54. The maximum absolute atomic E-state index is 6.71. The Morgan fingerprint density at radius 3 is 2.39 bits per heavy atom. The fourth-order valence-corrected chi connectivity index (χ4v) is 7.53. The molecule has 3 aliphatic rings. The van der Waals surface area contributed by atoms with E-state index in [9.17, 15) is 0 Å². The van der Waals surface area contributed by atoms with Crippen LogP contribution < -0.4 is 4.74 Å². The first-order chi connectivity index (χ1) is 21.2. The van der Waals surface area contributed by atoms with Gasteiger partial charge in [-0.2, -0.15) is 0 Å². The first-order valence-electron chi connectivity index (χ1n) is 16.9. The Labute approximate surface area is 267 Å². The molecule has 2 aromatic rings. The molecule has 0 amide bonds. The van der Waals surface area contributed by atoms with Gasteiger partial charge in [0.25, 0.3) is 0 Å². The summed E-state index contributed by atoms with van der Waals surface area (Å²) in [6.07, 6.45) is 22.9. The Morgan fingerprint density at radius 1 is 0.932 bits per heavy atom. The van der Waals surface area contributed by atoms with Crippen molar-refractivity contribution in [2.75, 3.05) is 7.05 Å². The van der Waals surface area contributed by atoms with Gasteiger partial charge in [-0.15, -0.1) is 0 Å². The molecule has 0 atom stereocenters. The van der Waals surface area contributed by atoms with Crippen LogP contribution in [0, 0.1) is 5.41 Å². The molecule has 0 aromatic heterocycles. The molecule has 1 aliphatic heterocycles. The summed E-state index contributed by atoms with van der Waals surface area (Å²) < 4.78 is 6.71. The highest BCUT2D eigenvalue weighted by molar-refractivity contribution is 5.50. The van der Waals surface area contributed by atoms with Gasteiger partial charge in [0.1, 0.15) is 11.5 Å². The molecule has 2 nitrogen and oxygen atoms in total. The Hall–Kier alpha value is -3.52. The quantitative estimate of drug-likeness (QED) is 0.274. The minimum atomic E-state index is -0.00391. The molecule has 2 aromatic carbocycles. The number of para-hydroxylation sites is 1. The van der Waals surface area contributed by atoms with E-state index in [1.54, 1.807) is 0 Å². The standard InChI is InChI=1S/C42H53NO/c1-8-31(9-2)35-24-13-14-25-36(35)41(3,4)30-18-21-32-19-17-20-33(40(32)44-34-22-11-10-12-23-34)28-29-39-42(5,6)37-26-15-16-27-38(37)43(39)7/h10-15,18,21-26,28-29,31H,8-9,16-17,19-20,27,30H2,1-7H3/b21-18+,33-28+,39-29+. The van der Waals surface area contributed by atoms with Crippen molar-refractivity contribution < 1.29 is 4.74 Å². The van der Waals surface area contributed by atoms with Gasteiger partial charge >= 0.3 is 0 Å². The van der Waals surface area contributed by atoms with Crippen LogP contribution in [-0.4, -0.2) is 11.9 Å². The van der Waals surface area contributed by atoms with Crippen LogP contribution in [0.1, 0.15) is 110 Å². The second-order valence-electron chi connectivity index (χ2n) is 13.9. The molecule has 2 heteroatoms. The van der Waals surface area contributed by atoms with Crippen LogP contribution in [-0.2, 0) is 5.41 Å². The molecule has 1 heterocycles. The normalized spacial score (nSPS) is 20.5. The highest BCUT2D eigenvalue weighted by Crippen LogP contribution is 2.49. The van der Waals surface area contributed by atoms with Gasteiger partial charge < -0.3 is 9.64 Å². The molecule has 0 unspecified atom stereocenters. The summed E-state index contributed by atoms with van der Waals surface area (Å²) in [5.41, 5.74) is 9.93. The monoisotopic (exact) mass is 587 g/mol. The Kier molecular flexibility index (Phi) is 9.88. The van der Waals surface area contributed by atoms with Gasteiger partial charge in [-0.25, -0.2) is 0 Å². The first kappa shape index (κ1) is 31.9. The van der Waals surface area contributed by atoms with E-state index < -0.39 is 0 Å². The average molecular weight is 588 g/mol. The van der Waals surface area contributed by atoms with Crippen LogP contribution in [0.5, 0.6) is 5.75 Å². The van der Waals surface area contributed by atoms with Gasteiger partial charge in [-0.1, -0.05) is 114 Å². The highest BCUT2D eigenvalue weighted by atomic mass is 16.5. The maximum atomic E-state index is 6.71. The topological polar surface area (TPSA) is 12.5 Å². The average Bonchev–Trinajstić information content (AvgIpc) is 3.22. The van der Waals surface area contributed by atoms with Crippen molar-refractivity contribution in [3.63, 3.8) is 0 Å². The lowest BCUT2D eigenvalue weighted by Crippen LogP contribution is -2.20. The number of allylic oxidation sites excluding steroid dienone is 10. The molecule has 5 rings (SSSR count). The van der Waals surface area contributed by atoms with E-state index in [-0.39, 0.29) is 10.8 Å². The van der Waals surface area contributed by atoms with Crippen molar-refractivity contribution >= 4 is 0 Å². The largest absolute Gasteiger partial charge is 0.457 e. The van der Waals surface area contributed by atoms with E-state index in [1.807, 2.05) is 6.07 Å². The summed E-state index contributed by atoms with van der Waals surface area (Å²) in [5, 5.41) is 0. The fraction of sp³-hybridized carbons (Fsp3) is 0.429. The van der Waals surface area contributed by atoms with Crippen molar-refractivity contribution in [1.82, 2.24) is 4.90 Å². The number of benzene rings is 2. The molecule has 0 saturated carbocycles. The van der Waals surface area contributed by atoms with Crippen molar-refractivity contribution in [1.29, 1.82) is 0 Å². The van der Waals surface area contributed by atoms with Crippen LogP contribution in [0.25, 0.3) is 0 Å². The minimum absolute atomic E-state index is 0.00391. The summed E-state index contributed by atoms with van der Waals surface area (Å²) >= 11 is 0. The number of hydrogen-bond donors (Lipinski definition) is 0. The lowest BCUT2D eigenvalue weighted by atomic mass is 9.75. The number of ether oxygens (including phenoxy) is 1. The van der Waals surface area contributed by atoms with E-state index in [0.717, 1.165) is 50.0 Å². The second-order valence-corrected chi connectivity index (χ2v) is 13.9. The van der Waals surface area contributed by atoms with Crippen LogP contribution in [0.3, 0.4) is 0 Å². The minimum Gasteiger partial charge on any atom is -0.457 e. The van der Waals surface area contributed by atoms with Crippen molar-refractivity contribution in [3.8, 4) is 5.75 Å². The zero-order chi connectivity index (χ0) is 31.3. The van der Waals surface area contributed by atoms with Gasteiger partial charge in [-0.05, 0) is 109 Å². The van der Waals surface area contributed by atoms with Gasteiger partial charge in [0.15, 0.2) is 0 Å². The van der Waals surface area contributed by atoms with Gasteiger partial charge in [0, 0.05) is 23.9 Å². The molecular formula is C42H53NO. The zero-order valence-electron chi connectivity index (χ0n) is 28.2. The fourth-order valence-electron chi connectivity index (χ4n) is 7.53. The Bertz CT molecular complexity index is 1500. The smallest absolute Gasteiger partial charge is 0.133 e. The third-order valence-corrected chi connectivity index (χ3v) is 10.2. The lowest BCUT2D eigenvalue weighted by Gasteiger charge is -2.29. The maximum Gasteiger partial charge on any atom is 0.133 e. The second kappa shape index (κ2) is 13.6. The van der Waals surface area contributed by atoms with Gasteiger partial charge in [0.2, 0.25) is 0 Å². The van der Waals surface area contributed by atoms with Crippen LogP contribution >= 0.6 is 0 Å². The summed E-state index contributed by atoms with van der Waals surface area (Å²) in [4.78, 5) is 2.43. The molecule has 0 N–H and O–H groups in total. The summed E-state index contributed by atoms with van der Waals surface area (Å²) in [6.45, 7) is 14.2. The predicted molar refractivity (Wildman–Crippen MR) is 188 cm³/mol. The van der Waals surface area contributed by atoms with E-state index in [2.05, 4.69) is 138 Å². The molecule has 0 radical (unpaired) electrons. The van der Waals surface area contributed by atoms with Crippen molar-refractivity contribution in [2.24, 2.45) is 5.41 Å². The summed E-state index contributed by atoms with van der Waals surface area (Å²) in [7, 11) is 2.24. The molecule has 0 fully saturated rings. The predicted octanol–water partition coefficient (Wildman–Crippen LogP) is 11.7. The summed E-state index contributed by atoms with van der Waals surface area (Å²) in [6, 6.07) is 19.4. The van der Waals surface area contributed by atoms with Crippen LogP contribution in [0.2, 0.25) is 0 Å². The molecule has 0 bridgehead atoms. The molecule has 0 spiro atoms. The van der Waals surface area contributed by atoms with Crippen LogP contribution in [0.15, 0.2) is 125 Å². The lowest BCUT2D eigenvalue weighted by molar-refractivity contribution is 0.414. The highest BCUT2D eigenvalue weighted by Gasteiger charge is 2.39. The Morgan fingerprint density at radius 2 is 1.66 bits per heavy atom. The van der Waals surface area contributed by atoms with Gasteiger partial charge in [0.05, 0.1) is 0 Å². The zero-order valence-corrected chi connectivity index (χ0v) is 28.2. The molecule has 2 aliphatic carbocycles. The van der Waals surface area contributed by atoms with Gasteiger partial charge in [-0.3, -0.25) is 0 Å². The Balaban J connectivity index is 1.47. The van der Waals surface area contributed by atoms with E-state index in [0.29, 0.717) is 5.92 Å². The number of hydrogen-bond acceptors (Lipinski definition) is 2. The third kappa shape index (κ3) is 6.60. The van der Waals surface area contributed by atoms with E-state index >= 15 is 0 Å². The SMILES string of the molecule is CCC(CC)c1ccccc1C(C)(C)C/C=C/C1=C(Oc2ccccc2)C(=C/C=C2/N(C)C3=C(C=CCC3)C2(C)C)/CCC1.